The Hall–Kier alpha value is -1.76. The van der Waals surface area contributed by atoms with E-state index in [2.05, 4.69) is 15.3 Å². The van der Waals surface area contributed by atoms with Crippen LogP contribution >= 0.6 is 11.6 Å². The zero-order valence-electron chi connectivity index (χ0n) is 13.5. The molecule has 1 aliphatic rings. The fourth-order valence-electron chi connectivity index (χ4n) is 2.54. The minimum Gasteiger partial charge on any atom is -0.376 e. The second-order valence-corrected chi connectivity index (χ2v) is 6.16. The Morgan fingerprint density at radius 1 is 1.38 bits per heavy atom. The number of carbonyl (C=O) groups excluding carboxylic acids is 1. The van der Waals surface area contributed by atoms with Crippen molar-refractivity contribution in [2.75, 3.05) is 18.5 Å². The van der Waals surface area contributed by atoms with Gasteiger partial charge in [-0.05, 0) is 38.3 Å². The number of ether oxygens (including phenoxy) is 2. The Balaban J connectivity index is 1.60. The van der Waals surface area contributed by atoms with Gasteiger partial charge in [-0.15, -0.1) is 0 Å². The predicted molar refractivity (Wildman–Crippen MR) is 92.2 cm³/mol. The molecule has 1 aromatic heterocycles. The summed E-state index contributed by atoms with van der Waals surface area (Å²) in [7, 11) is 0. The van der Waals surface area contributed by atoms with E-state index in [4.69, 9.17) is 21.1 Å². The molecule has 0 aliphatic carbocycles. The summed E-state index contributed by atoms with van der Waals surface area (Å²) in [5.74, 6) is -0.0676. The Morgan fingerprint density at radius 3 is 2.83 bits per heavy atom. The number of hydrogen-bond acceptors (Lipinski definition) is 5. The average molecular weight is 350 g/mol. The van der Waals surface area contributed by atoms with Crippen molar-refractivity contribution in [1.82, 2.24) is 9.97 Å². The molecular weight excluding hydrogens is 330 g/mol. The van der Waals surface area contributed by atoms with Crippen molar-refractivity contribution < 1.29 is 14.3 Å². The number of amides is 1. The fraction of sp³-hybridized carbons (Fsp3) is 0.471. The van der Waals surface area contributed by atoms with E-state index in [1.54, 1.807) is 6.92 Å². The summed E-state index contributed by atoms with van der Waals surface area (Å²) >= 11 is 6.10. The summed E-state index contributed by atoms with van der Waals surface area (Å²) in [5, 5.41) is 2.84. The lowest BCUT2D eigenvalue weighted by Crippen LogP contribution is -2.33. The van der Waals surface area contributed by atoms with Crippen LogP contribution < -0.4 is 5.32 Å². The van der Waals surface area contributed by atoms with Crippen LogP contribution in [-0.4, -0.2) is 41.3 Å². The second-order valence-electron chi connectivity index (χ2n) is 5.81. The topological polar surface area (TPSA) is 73.3 Å². The molecule has 0 saturated carbocycles. The van der Waals surface area contributed by atoms with E-state index in [-0.39, 0.29) is 23.0 Å². The highest BCUT2D eigenvalue weighted by Crippen LogP contribution is 2.21. The van der Waals surface area contributed by atoms with Gasteiger partial charge in [0.1, 0.15) is 6.10 Å². The minimum atomic E-state index is -0.625. The van der Waals surface area contributed by atoms with Crippen LogP contribution in [0.3, 0.4) is 0 Å². The number of halogens is 1. The largest absolute Gasteiger partial charge is 0.376 e. The van der Waals surface area contributed by atoms with Gasteiger partial charge >= 0.3 is 0 Å². The van der Waals surface area contributed by atoms with Crippen LogP contribution in [0.25, 0.3) is 11.0 Å². The highest BCUT2D eigenvalue weighted by Gasteiger charge is 2.20. The van der Waals surface area contributed by atoms with E-state index in [9.17, 15) is 4.79 Å². The number of nitrogens with zero attached hydrogens (tertiary/aromatic N) is 2. The molecule has 1 N–H and O–H groups in total. The molecule has 2 heterocycles. The molecular formula is C17H20ClN3O3. The number of fused-ring (bicyclic) bond motifs is 1. The van der Waals surface area contributed by atoms with E-state index in [1.807, 2.05) is 24.3 Å². The summed E-state index contributed by atoms with van der Waals surface area (Å²) in [5.41, 5.74) is 1.35. The lowest BCUT2D eigenvalue weighted by Gasteiger charge is -2.23. The third-order valence-corrected chi connectivity index (χ3v) is 4.21. The van der Waals surface area contributed by atoms with Crippen molar-refractivity contribution in [1.29, 1.82) is 0 Å². The summed E-state index contributed by atoms with van der Waals surface area (Å²) in [6.45, 7) is 2.86. The Bertz CT molecular complexity index is 719. The molecule has 6 nitrogen and oxygen atoms in total. The van der Waals surface area contributed by atoms with Crippen LogP contribution in [-0.2, 0) is 14.3 Å². The number of benzene rings is 1. The molecule has 1 fully saturated rings. The molecule has 0 bridgehead atoms. The molecule has 7 heteroatoms. The van der Waals surface area contributed by atoms with Gasteiger partial charge in [-0.25, -0.2) is 9.97 Å². The quantitative estimate of drug-likeness (QED) is 0.897. The molecule has 2 unspecified atom stereocenters. The van der Waals surface area contributed by atoms with Crippen LogP contribution in [0.5, 0.6) is 0 Å². The lowest BCUT2D eigenvalue weighted by molar-refractivity contribution is -0.130. The van der Waals surface area contributed by atoms with E-state index in [0.29, 0.717) is 17.6 Å². The molecule has 3 rings (SSSR count). The van der Waals surface area contributed by atoms with Crippen molar-refractivity contribution in [3.05, 3.63) is 29.4 Å². The van der Waals surface area contributed by atoms with E-state index < -0.39 is 6.10 Å². The fourth-order valence-corrected chi connectivity index (χ4v) is 2.72. The van der Waals surface area contributed by atoms with Gasteiger partial charge in [0.2, 0.25) is 0 Å². The highest BCUT2D eigenvalue weighted by molar-refractivity contribution is 6.32. The van der Waals surface area contributed by atoms with Crippen LogP contribution in [0, 0.1) is 0 Å². The zero-order valence-corrected chi connectivity index (χ0v) is 14.3. The standard InChI is InChI=1S/C17H20ClN3O3/c1-11(24-10-12-6-4-5-9-23-12)17(22)21-16-15(18)19-13-7-2-3-8-14(13)20-16/h2-3,7-8,11-12H,4-6,9-10H2,1H3,(H,20,21,22). The van der Waals surface area contributed by atoms with Crippen LogP contribution in [0.15, 0.2) is 24.3 Å². The third-order valence-electron chi connectivity index (χ3n) is 3.94. The van der Waals surface area contributed by atoms with Crippen molar-refractivity contribution in [3.63, 3.8) is 0 Å². The Labute approximate surface area is 145 Å². The van der Waals surface area contributed by atoms with E-state index >= 15 is 0 Å². The van der Waals surface area contributed by atoms with Crippen molar-refractivity contribution in [2.45, 2.75) is 38.4 Å². The number of aromatic nitrogens is 2. The van der Waals surface area contributed by atoms with Crippen LogP contribution in [0.1, 0.15) is 26.2 Å². The normalized spacial score (nSPS) is 19.2. The van der Waals surface area contributed by atoms with Gasteiger partial charge in [0.15, 0.2) is 11.0 Å². The summed E-state index contributed by atoms with van der Waals surface area (Å²) < 4.78 is 11.2. The maximum absolute atomic E-state index is 12.3. The minimum absolute atomic E-state index is 0.0676. The maximum Gasteiger partial charge on any atom is 0.254 e. The number of nitrogens with one attached hydrogen (secondary N) is 1. The van der Waals surface area contributed by atoms with Crippen molar-refractivity contribution >= 4 is 34.4 Å². The summed E-state index contributed by atoms with van der Waals surface area (Å²) in [6, 6.07) is 7.34. The van der Waals surface area contributed by atoms with Gasteiger partial charge in [0.05, 0.1) is 23.7 Å². The first-order valence-electron chi connectivity index (χ1n) is 8.10. The zero-order chi connectivity index (χ0) is 16.9. The average Bonchev–Trinajstić information content (AvgIpc) is 2.61. The predicted octanol–water partition coefficient (Wildman–Crippen LogP) is 3.20. The monoisotopic (exact) mass is 349 g/mol. The SMILES string of the molecule is CC(OCC1CCCCO1)C(=O)Nc1nc2ccccc2nc1Cl. The molecule has 2 atom stereocenters. The second kappa shape index (κ2) is 7.88. The van der Waals surface area contributed by atoms with Crippen LogP contribution in [0.4, 0.5) is 5.82 Å². The smallest absolute Gasteiger partial charge is 0.254 e. The molecule has 1 saturated heterocycles. The maximum atomic E-state index is 12.3. The number of carbonyl (C=O) groups is 1. The number of anilines is 1. The van der Waals surface area contributed by atoms with Gasteiger partial charge in [-0.3, -0.25) is 4.79 Å². The molecule has 24 heavy (non-hydrogen) atoms. The molecule has 0 radical (unpaired) electrons. The molecule has 0 spiro atoms. The van der Waals surface area contributed by atoms with Gasteiger partial charge < -0.3 is 14.8 Å². The number of rotatable bonds is 5. The molecule has 128 valence electrons. The molecule has 1 amide bonds. The van der Waals surface area contributed by atoms with Gasteiger partial charge in [-0.2, -0.15) is 0 Å². The summed E-state index contributed by atoms with van der Waals surface area (Å²) in [4.78, 5) is 20.8. The van der Waals surface area contributed by atoms with E-state index in [1.165, 1.54) is 0 Å². The molecule has 1 aliphatic heterocycles. The lowest BCUT2D eigenvalue weighted by atomic mass is 10.1. The molecule has 1 aromatic carbocycles. The first-order valence-corrected chi connectivity index (χ1v) is 8.47. The molecule has 2 aromatic rings. The van der Waals surface area contributed by atoms with Gasteiger partial charge in [-0.1, -0.05) is 23.7 Å². The van der Waals surface area contributed by atoms with Crippen LogP contribution in [0.2, 0.25) is 5.15 Å². The first-order chi connectivity index (χ1) is 11.6. The van der Waals surface area contributed by atoms with Crippen molar-refractivity contribution in [2.24, 2.45) is 0 Å². The van der Waals surface area contributed by atoms with Gasteiger partial charge in [0, 0.05) is 6.61 Å². The number of para-hydroxylation sites is 2. The van der Waals surface area contributed by atoms with E-state index in [0.717, 1.165) is 25.9 Å². The van der Waals surface area contributed by atoms with Crippen molar-refractivity contribution in [3.8, 4) is 0 Å². The number of hydrogen-bond donors (Lipinski definition) is 1. The third kappa shape index (κ3) is 4.20. The first kappa shape index (κ1) is 17.1. The van der Waals surface area contributed by atoms with Gasteiger partial charge in [0.25, 0.3) is 5.91 Å². The Morgan fingerprint density at radius 2 is 2.12 bits per heavy atom. The highest BCUT2D eigenvalue weighted by atomic mass is 35.5. The summed E-state index contributed by atoms with van der Waals surface area (Å²) in [6.07, 6.45) is 2.64. The Kier molecular flexibility index (Phi) is 5.60.